The number of carbonyl (C=O) groups excluding carboxylic acids is 2. The topological polar surface area (TPSA) is 71.5 Å². The van der Waals surface area contributed by atoms with E-state index < -0.39 is 0 Å². The van der Waals surface area contributed by atoms with E-state index in [1.165, 1.54) is 0 Å². The number of rotatable bonds is 5. The Hall–Kier alpha value is -1.37. The largest absolute Gasteiger partial charge is 0.462 e. The average molecular weight is 418 g/mol. The van der Waals surface area contributed by atoms with E-state index in [1.807, 2.05) is 4.90 Å². The Kier molecular flexibility index (Phi) is 9.50. The molecule has 0 atom stereocenters. The highest BCUT2D eigenvalue weighted by Gasteiger charge is 2.33. The third-order valence-corrected chi connectivity index (χ3v) is 4.99. The molecule has 0 aliphatic carbocycles. The van der Waals surface area contributed by atoms with Crippen LogP contribution in [0.25, 0.3) is 0 Å². The Morgan fingerprint density at radius 1 is 1.30 bits per heavy atom. The van der Waals surface area contributed by atoms with Crippen molar-refractivity contribution in [3.05, 3.63) is 28.6 Å². The molecule has 3 heterocycles. The molecule has 0 radical (unpaired) electrons. The van der Waals surface area contributed by atoms with Gasteiger partial charge in [-0.15, -0.1) is 24.8 Å². The van der Waals surface area contributed by atoms with Gasteiger partial charge >= 0.3 is 5.97 Å². The van der Waals surface area contributed by atoms with Crippen LogP contribution in [0.3, 0.4) is 0 Å². The van der Waals surface area contributed by atoms with Gasteiger partial charge < -0.3 is 15.0 Å². The maximum Gasteiger partial charge on any atom is 0.340 e. The third-order valence-electron chi connectivity index (χ3n) is 4.99. The molecule has 1 N–H and O–H groups in total. The molecule has 152 valence electrons. The number of ether oxygens (including phenoxy) is 1. The van der Waals surface area contributed by atoms with Crippen LogP contribution in [0.4, 0.5) is 0 Å². The van der Waals surface area contributed by atoms with Gasteiger partial charge in [-0.3, -0.25) is 9.78 Å². The summed E-state index contributed by atoms with van der Waals surface area (Å²) in [5, 5.41) is 3.34. The van der Waals surface area contributed by atoms with Crippen LogP contribution < -0.4 is 5.32 Å². The second-order valence-corrected chi connectivity index (χ2v) is 6.68. The van der Waals surface area contributed by atoms with E-state index in [4.69, 9.17) is 4.74 Å². The number of carbonyl (C=O) groups is 2. The molecule has 2 aliphatic heterocycles. The summed E-state index contributed by atoms with van der Waals surface area (Å²) in [6, 6.07) is 2.00. The molecule has 0 aromatic carbocycles. The monoisotopic (exact) mass is 417 g/mol. The smallest absolute Gasteiger partial charge is 0.340 e. The molecule has 1 aromatic heterocycles. The number of pyridine rings is 1. The van der Waals surface area contributed by atoms with Crippen LogP contribution in [-0.2, 0) is 17.6 Å². The van der Waals surface area contributed by atoms with Gasteiger partial charge in [0.25, 0.3) is 5.91 Å². The molecule has 1 saturated heterocycles. The molecule has 6 nitrogen and oxygen atoms in total. The van der Waals surface area contributed by atoms with E-state index in [2.05, 4.69) is 17.2 Å². The number of nitrogens with one attached hydrogen (secondary N) is 1. The number of halogens is 2. The summed E-state index contributed by atoms with van der Waals surface area (Å²) in [5.74, 6) is -0.373. The predicted molar refractivity (Wildman–Crippen MR) is 109 cm³/mol. The number of fused-ring (bicyclic) bond motifs is 1. The van der Waals surface area contributed by atoms with Crippen LogP contribution in [0.2, 0.25) is 0 Å². The van der Waals surface area contributed by atoms with Gasteiger partial charge in [-0.25, -0.2) is 4.79 Å². The summed E-state index contributed by atoms with van der Waals surface area (Å²) >= 11 is 0. The van der Waals surface area contributed by atoms with Crippen molar-refractivity contribution in [1.82, 2.24) is 15.2 Å². The van der Waals surface area contributed by atoms with Crippen LogP contribution in [0.5, 0.6) is 0 Å². The van der Waals surface area contributed by atoms with Gasteiger partial charge in [0.1, 0.15) is 0 Å². The maximum absolute atomic E-state index is 13.0. The van der Waals surface area contributed by atoms with Crippen LogP contribution in [0, 0.1) is 0 Å². The van der Waals surface area contributed by atoms with Crippen molar-refractivity contribution in [3.63, 3.8) is 0 Å². The predicted octanol–water partition coefficient (Wildman–Crippen LogP) is 2.80. The van der Waals surface area contributed by atoms with E-state index in [1.54, 1.807) is 13.0 Å². The summed E-state index contributed by atoms with van der Waals surface area (Å²) in [5.41, 5.74) is 2.60. The van der Waals surface area contributed by atoms with Crippen LogP contribution >= 0.6 is 24.8 Å². The molecule has 2 aliphatic rings. The Balaban J connectivity index is 0.00000182. The molecule has 27 heavy (non-hydrogen) atoms. The molecule has 8 heteroatoms. The van der Waals surface area contributed by atoms with Crippen molar-refractivity contribution in [2.45, 2.75) is 52.0 Å². The lowest BCUT2D eigenvalue weighted by Gasteiger charge is -2.37. The summed E-state index contributed by atoms with van der Waals surface area (Å²) in [7, 11) is 0. The molecular weight excluding hydrogens is 389 g/mol. The highest BCUT2D eigenvalue weighted by Crippen LogP contribution is 2.25. The fraction of sp³-hybridized carbons (Fsp3) is 0.632. The van der Waals surface area contributed by atoms with Gasteiger partial charge in [-0.1, -0.05) is 13.3 Å². The molecule has 0 unspecified atom stereocenters. The lowest BCUT2D eigenvalue weighted by Crippen LogP contribution is -2.49. The molecule has 1 amide bonds. The lowest BCUT2D eigenvalue weighted by molar-refractivity contribution is 0.0524. The molecule has 0 bridgehead atoms. The first-order valence-electron chi connectivity index (χ1n) is 9.37. The Bertz CT molecular complexity index is 664. The molecule has 0 spiro atoms. The SMILES string of the molecule is CCCc1nc2c(cc1C(=O)OCC)C(=O)N(C1CCNCC1)CC2.Cl.Cl. The number of esters is 1. The van der Waals surface area contributed by atoms with Crippen molar-refractivity contribution in [1.29, 1.82) is 0 Å². The van der Waals surface area contributed by atoms with Gasteiger partial charge in [0, 0.05) is 19.0 Å². The summed E-state index contributed by atoms with van der Waals surface area (Å²) in [6.07, 6.45) is 4.33. The number of nitrogens with zero attached hydrogens (tertiary/aromatic N) is 2. The van der Waals surface area contributed by atoms with Crippen LogP contribution in [0.15, 0.2) is 6.07 Å². The fourth-order valence-corrected chi connectivity index (χ4v) is 3.73. The number of aromatic nitrogens is 1. The first-order chi connectivity index (χ1) is 12.2. The normalized spacial score (nSPS) is 16.8. The van der Waals surface area contributed by atoms with Crippen molar-refractivity contribution in [2.24, 2.45) is 0 Å². The molecule has 0 saturated carbocycles. The van der Waals surface area contributed by atoms with Gasteiger partial charge in [0.15, 0.2) is 0 Å². The average Bonchev–Trinajstić information content (AvgIpc) is 2.63. The van der Waals surface area contributed by atoms with Crippen molar-refractivity contribution in [2.75, 3.05) is 26.2 Å². The Morgan fingerprint density at radius 2 is 2.00 bits per heavy atom. The van der Waals surface area contributed by atoms with E-state index in [0.29, 0.717) is 30.7 Å². The number of aryl methyl sites for hydroxylation is 1. The molecule has 1 fully saturated rings. The zero-order chi connectivity index (χ0) is 17.8. The zero-order valence-corrected chi connectivity index (χ0v) is 17.6. The fourth-order valence-electron chi connectivity index (χ4n) is 3.73. The van der Waals surface area contributed by atoms with Crippen molar-refractivity contribution >= 4 is 36.7 Å². The second-order valence-electron chi connectivity index (χ2n) is 6.68. The summed E-state index contributed by atoms with van der Waals surface area (Å²) < 4.78 is 5.17. The molecular formula is C19H29Cl2N3O3. The summed E-state index contributed by atoms with van der Waals surface area (Å²) in [4.78, 5) is 32.0. The molecule has 1 aromatic rings. The van der Waals surface area contributed by atoms with E-state index in [9.17, 15) is 9.59 Å². The minimum absolute atomic E-state index is 0. The van der Waals surface area contributed by atoms with Crippen LogP contribution in [-0.4, -0.2) is 54.0 Å². The Morgan fingerprint density at radius 3 is 2.63 bits per heavy atom. The minimum Gasteiger partial charge on any atom is -0.462 e. The number of hydrogen-bond acceptors (Lipinski definition) is 5. The van der Waals surface area contributed by atoms with Gasteiger partial charge in [0.2, 0.25) is 0 Å². The quantitative estimate of drug-likeness (QED) is 0.745. The van der Waals surface area contributed by atoms with Crippen molar-refractivity contribution < 1.29 is 14.3 Å². The minimum atomic E-state index is -0.381. The third kappa shape index (κ3) is 5.12. The standard InChI is InChI=1S/C19H27N3O3.2ClH/c1-3-5-16-15(19(24)25-4-2)12-14-17(21-16)8-11-22(18(14)23)13-6-9-20-10-7-13;;/h12-13,20H,3-11H2,1-2H3;2*1H. The van der Waals surface area contributed by atoms with Gasteiger partial charge in [0.05, 0.1) is 29.1 Å². The first kappa shape index (κ1) is 23.7. The van der Waals surface area contributed by atoms with E-state index >= 15 is 0 Å². The zero-order valence-electron chi connectivity index (χ0n) is 16.0. The maximum atomic E-state index is 13.0. The highest BCUT2D eigenvalue weighted by molar-refractivity contribution is 6.00. The van der Waals surface area contributed by atoms with Gasteiger partial charge in [-0.2, -0.15) is 0 Å². The van der Waals surface area contributed by atoms with Crippen LogP contribution in [0.1, 0.15) is 65.2 Å². The lowest BCUT2D eigenvalue weighted by atomic mass is 9.96. The number of hydrogen-bond donors (Lipinski definition) is 1. The van der Waals surface area contributed by atoms with E-state index in [-0.39, 0.29) is 42.7 Å². The van der Waals surface area contributed by atoms with Crippen molar-refractivity contribution in [3.8, 4) is 0 Å². The first-order valence-corrected chi connectivity index (χ1v) is 9.37. The number of amides is 1. The second kappa shape index (κ2) is 10.8. The Labute approximate surface area is 173 Å². The molecule has 3 rings (SSSR count). The highest BCUT2D eigenvalue weighted by atomic mass is 35.5. The number of piperidine rings is 1. The van der Waals surface area contributed by atoms with E-state index in [0.717, 1.165) is 50.2 Å². The summed E-state index contributed by atoms with van der Waals surface area (Å²) in [6.45, 7) is 6.77. The van der Waals surface area contributed by atoms with Gasteiger partial charge in [-0.05, 0) is 45.3 Å².